The lowest BCUT2D eigenvalue weighted by molar-refractivity contribution is -0.297. The minimum atomic E-state index is -2.06. The third kappa shape index (κ3) is 10.1. The van der Waals surface area contributed by atoms with Gasteiger partial charge in [-0.05, 0) is 42.2 Å². The Morgan fingerprint density at radius 2 is 1.71 bits per heavy atom. The third-order valence-electron chi connectivity index (χ3n) is 7.82. The first-order valence-corrected chi connectivity index (χ1v) is 16.9. The van der Waals surface area contributed by atoms with Crippen LogP contribution in [0.1, 0.15) is 32.8 Å². The van der Waals surface area contributed by atoms with E-state index < -0.39 is 39.0 Å². The van der Waals surface area contributed by atoms with Crippen molar-refractivity contribution >= 4 is 8.32 Å². The number of rotatable bonds is 16. The molecule has 1 aliphatic rings. The first kappa shape index (κ1) is 35.3. The lowest BCUT2D eigenvalue weighted by atomic mass is 9.95. The Bertz CT molecular complexity index is 978. The summed E-state index contributed by atoms with van der Waals surface area (Å²) in [6, 6.07) is 7.76. The fourth-order valence-corrected chi connectivity index (χ4v) is 5.78. The summed E-state index contributed by atoms with van der Waals surface area (Å²) < 4.78 is 42.3. The maximum absolute atomic E-state index is 6.78. The van der Waals surface area contributed by atoms with Crippen molar-refractivity contribution in [3.63, 3.8) is 0 Å². The summed E-state index contributed by atoms with van der Waals surface area (Å²) in [5.41, 5.74) is 4.81. The van der Waals surface area contributed by atoms with E-state index in [4.69, 9.17) is 38.7 Å². The fraction of sp³-hybridized carbons (Fsp3) is 0.613. The average Bonchev–Trinajstić information content (AvgIpc) is 2.93. The van der Waals surface area contributed by atoms with Crippen LogP contribution in [0.2, 0.25) is 18.1 Å². The van der Waals surface area contributed by atoms with E-state index in [2.05, 4.69) is 45.9 Å². The zero-order valence-corrected chi connectivity index (χ0v) is 27.3. The van der Waals surface area contributed by atoms with Gasteiger partial charge in [0, 0.05) is 27.9 Å². The average molecular weight is 593 g/mol. The molecule has 6 atom stereocenters. The molecule has 0 aromatic heterocycles. The molecule has 0 saturated carbocycles. The summed E-state index contributed by atoms with van der Waals surface area (Å²) in [5.74, 6) is 6.63. The lowest BCUT2D eigenvalue weighted by Crippen LogP contribution is -2.59. The van der Waals surface area contributed by atoms with E-state index in [1.165, 1.54) is 0 Å². The summed E-state index contributed by atoms with van der Waals surface area (Å²) >= 11 is 0. The number of hydrazine groups is 1. The van der Waals surface area contributed by atoms with Gasteiger partial charge in [-0.3, -0.25) is 11.3 Å². The maximum atomic E-state index is 6.78. The molecule has 1 aromatic carbocycles. The molecule has 0 bridgehead atoms. The van der Waals surface area contributed by atoms with Crippen LogP contribution in [0.25, 0.3) is 0 Å². The summed E-state index contributed by atoms with van der Waals surface area (Å²) in [6.07, 6.45) is 5.63. The van der Waals surface area contributed by atoms with E-state index in [9.17, 15) is 0 Å². The van der Waals surface area contributed by atoms with Crippen molar-refractivity contribution in [1.82, 2.24) is 5.43 Å². The predicted molar refractivity (Wildman–Crippen MR) is 165 cm³/mol. The van der Waals surface area contributed by atoms with Gasteiger partial charge in [-0.25, -0.2) is 0 Å². The van der Waals surface area contributed by atoms with Crippen LogP contribution in [0, 0.1) is 0 Å². The number of methoxy groups -OCH3 is 4. The second kappa shape index (κ2) is 16.7. The SMILES string of the molecule is C=C/C=C/[C@H](C/C(=C\[C@H]1O[C@@H](OC)[C@H](OC)[C@@H](OC)[C@@H]1OCc1ccc(OC)cc1)CNN)O[Si](C)(C)C(C)(C)C. The Hall–Kier alpha value is -1.86. The molecule has 1 heterocycles. The smallest absolute Gasteiger partial charge is 0.192 e. The Labute approximate surface area is 248 Å². The van der Waals surface area contributed by atoms with Crippen molar-refractivity contribution in [3.05, 3.63) is 66.3 Å². The quantitative estimate of drug-likeness (QED) is 0.0913. The van der Waals surface area contributed by atoms with E-state index in [0.717, 1.165) is 16.9 Å². The van der Waals surface area contributed by atoms with Gasteiger partial charge < -0.3 is 32.8 Å². The van der Waals surface area contributed by atoms with Gasteiger partial charge in [0.1, 0.15) is 30.2 Å². The number of allylic oxidation sites excluding steroid dienone is 2. The molecular formula is C31H52N2O7Si. The van der Waals surface area contributed by atoms with E-state index in [-0.39, 0.29) is 11.1 Å². The van der Waals surface area contributed by atoms with E-state index in [1.807, 2.05) is 42.5 Å². The van der Waals surface area contributed by atoms with Crippen molar-refractivity contribution in [2.45, 2.75) is 88.7 Å². The molecule has 41 heavy (non-hydrogen) atoms. The molecule has 3 N–H and O–H groups in total. The number of ether oxygens (including phenoxy) is 6. The normalized spacial score (nSPS) is 24.9. The van der Waals surface area contributed by atoms with Crippen LogP contribution in [0.3, 0.4) is 0 Å². The molecule has 0 spiro atoms. The van der Waals surface area contributed by atoms with Gasteiger partial charge in [0.2, 0.25) is 0 Å². The number of nitrogens with one attached hydrogen (secondary N) is 1. The number of hydrogen-bond donors (Lipinski definition) is 2. The standard InChI is InChI=1S/C31H52N2O7Si/c1-11-12-13-25(40-41(9,10)31(2,3)4)18-23(20-33-32)19-26-27(28(35-6)29(36-7)30(37-8)39-26)38-21-22-14-16-24(34-5)17-15-22/h11-17,19,25-30,33H,1,18,20-21,32H2,2-10H3/b13-12+,23-19+/t25-,26-,27-,28+,29-,30-/m1/s1. The molecule has 1 fully saturated rings. The number of nitrogens with two attached hydrogens (primary N) is 1. The topological polar surface area (TPSA) is 103 Å². The van der Waals surface area contributed by atoms with Gasteiger partial charge in [0.25, 0.3) is 0 Å². The van der Waals surface area contributed by atoms with Crippen molar-refractivity contribution in [3.8, 4) is 5.75 Å². The first-order chi connectivity index (χ1) is 19.4. The highest BCUT2D eigenvalue weighted by Gasteiger charge is 2.47. The number of hydrogen-bond acceptors (Lipinski definition) is 9. The Kier molecular flexibility index (Phi) is 14.4. The highest BCUT2D eigenvalue weighted by Crippen LogP contribution is 2.38. The molecule has 1 aromatic rings. The summed E-state index contributed by atoms with van der Waals surface area (Å²) in [5, 5.41) is 0.0582. The van der Waals surface area contributed by atoms with Crippen molar-refractivity contribution in [2.75, 3.05) is 35.0 Å². The van der Waals surface area contributed by atoms with Crippen LogP contribution < -0.4 is 16.0 Å². The van der Waals surface area contributed by atoms with Crippen molar-refractivity contribution in [2.24, 2.45) is 5.84 Å². The Balaban J connectivity index is 2.43. The minimum absolute atomic E-state index is 0.0582. The zero-order valence-electron chi connectivity index (χ0n) is 26.3. The first-order valence-electron chi connectivity index (χ1n) is 14.0. The molecule has 1 saturated heterocycles. The second-order valence-corrected chi connectivity index (χ2v) is 16.4. The molecular weight excluding hydrogens is 540 g/mol. The molecule has 9 nitrogen and oxygen atoms in total. The summed E-state index contributed by atoms with van der Waals surface area (Å²) in [7, 11) is 4.43. The summed E-state index contributed by atoms with van der Waals surface area (Å²) in [6.45, 7) is 15.8. The molecule has 232 valence electrons. The van der Waals surface area contributed by atoms with Crippen molar-refractivity contribution in [1.29, 1.82) is 0 Å². The highest BCUT2D eigenvalue weighted by atomic mass is 28.4. The Morgan fingerprint density at radius 3 is 2.22 bits per heavy atom. The monoisotopic (exact) mass is 592 g/mol. The van der Waals surface area contributed by atoms with Crippen LogP contribution in [0.5, 0.6) is 5.75 Å². The van der Waals surface area contributed by atoms with Crippen LogP contribution in [-0.4, -0.2) is 80.1 Å². The highest BCUT2D eigenvalue weighted by molar-refractivity contribution is 6.74. The third-order valence-corrected chi connectivity index (χ3v) is 12.3. The van der Waals surface area contributed by atoms with Crippen LogP contribution in [0.4, 0.5) is 0 Å². The molecule has 0 aliphatic carbocycles. The molecule has 0 unspecified atom stereocenters. The van der Waals surface area contributed by atoms with Gasteiger partial charge in [0.05, 0.1) is 19.8 Å². The fourth-order valence-electron chi connectivity index (χ4n) is 4.51. The van der Waals surface area contributed by atoms with Gasteiger partial charge in [-0.1, -0.05) is 69.4 Å². The van der Waals surface area contributed by atoms with Gasteiger partial charge in [0.15, 0.2) is 14.6 Å². The van der Waals surface area contributed by atoms with Crippen LogP contribution in [-0.2, 0) is 34.7 Å². The number of benzene rings is 1. The molecule has 2 rings (SSSR count). The minimum Gasteiger partial charge on any atom is -0.497 e. The van der Waals surface area contributed by atoms with Gasteiger partial charge in [-0.15, -0.1) is 0 Å². The molecule has 1 aliphatic heterocycles. The molecule has 0 radical (unpaired) electrons. The van der Waals surface area contributed by atoms with E-state index >= 15 is 0 Å². The lowest BCUT2D eigenvalue weighted by Gasteiger charge is -2.44. The predicted octanol–water partition coefficient (Wildman–Crippen LogP) is 4.89. The zero-order chi connectivity index (χ0) is 30.6. The second-order valence-electron chi connectivity index (χ2n) is 11.7. The molecule has 10 heteroatoms. The Morgan fingerprint density at radius 1 is 1.05 bits per heavy atom. The van der Waals surface area contributed by atoms with Crippen LogP contribution in [0.15, 0.2) is 60.7 Å². The van der Waals surface area contributed by atoms with Gasteiger partial charge >= 0.3 is 0 Å². The van der Waals surface area contributed by atoms with E-state index in [0.29, 0.717) is 19.6 Å². The van der Waals surface area contributed by atoms with Gasteiger partial charge in [-0.2, -0.15) is 0 Å². The van der Waals surface area contributed by atoms with Crippen molar-refractivity contribution < 1.29 is 32.8 Å². The summed E-state index contributed by atoms with van der Waals surface area (Å²) in [4.78, 5) is 0. The van der Waals surface area contributed by atoms with E-state index in [1.54, 1.807) is 34.5 Å². The maximum Gasteiger partial charge on any atom is 0.192 e. The van der Waals surface area contributed by atoms with Crippen LogP contribution >= 0.6 is 0 Å². The largest absolute Gasteiger partial charge is 0.497 e. The molecule has 0 amide bonds.